The molecule has 37 heavy (non-hydrogen) atoms. The molecule has 204 valence electrons. The second-order valence-corrected chi connectivity index (χ2v) is 12.2. The smallest absolute Gasteiger partial charge is 0.387 e. The third kappa shape index (κ3) is 5.81. The van der Waals surface area contributed by atoms with Crippen LogP contribution in [0.3, 0.4) is 0 Å². The molecule has 2 unspecified atom stereocenters. The van der Waals surface area contributed by atoms with Crippen molar-refractivity contribution in [2.24, 2.45) is 0 Å². The molecule has 1 aliphatic heterocycles. The molecule has 0 spiro atoms. The Morgan fingerprint density at radius 3 is 2.46 bits per heavy atom. The lowest BCUT2D eigenvalue weighted by atomic mass is 9.96. The van der Waals surface area contributed by atoms with Gasteiger partial charge in [-0.15, -0.1) is 0 Å². The number of aliphatic hydroxyl groups is 2. The molecule has 0 aromatic carbocycles. The van der Waals surface area contributed by atoms with Gasteiger partial charge in [-0.25, -0.2) is 23.7 Å². The zero-order chi connectivity index (χ0) is 27.4. The Balaban J connectivity index is 1.59. The molecule has 0 radical (unpaired) electrons. The second kappa shape index (κ2) is 9.55. The number of aliphatic hydroxyl groups excluding tert-OH is 1. The van der Waals surface area contributed by atoms with Crippen molar-refractivity contribution in [3.05, 3.63) is 18.9 Å². The third-order valence-electron chi connectivity index (χ3n) is 5.07. The summed E-state index contributed by atoms with van der Waals surface area (Å²) in [6.07, 6.45) is -1.18. The molecule has 1 aliphatic rings. The van der Waals surface area contributed by atoms with Crippen LogP contribution in [0, 0.1) is 0 Å². The number of fused-ring (bicyclic) bond motifs is 1. The molecule has 4 heterocycles. The van der Waals surface area contributed by atoms with E-state index in [1.54, 1.807) is 0 Å². The van der Waals surface area contributed by atoms with Gasteiger partial charge in [-0.2, -0.15) is 13.6 Å². The summed E-state index contributed by atoms with van der Waals surface area (Å²) in [5.41, 5.74) is 4.30. The van der Waals surface area contributed by atoms with Crippen molar-refractivity contribution in [1.82, 2.24) is 24.7 Å². The van der Waals surface area contributed by atoms with Gasteiger partial charge in [0.15, 0.2) is 6.23 Å². The highest BCUT2D eigenvalue weighted by atomic mass is 31.3. The maximum atomic E-state index is 12.0. The molecule has 0 bridgehead atoms. The van der Waals surface area contributed by atoms with Crippen molar-refractivity contribution >= 4 is 40.3 Å². The van der Waals surface area contributed by atoms with Crippen LogP contribution in [-0.4, -0.2) is 78.9 Å². The van der Waals surface area contributed by atoms with Crippen molar-refractivity contribution < 1.29 is 65.9 Å². The fraction of sp³-hybridized carbons (Fsp3) is 0.429. The molecule has 3 aromatic rings. The zero-order valence-corrected chi connectivity index (χ0v) is 21.0. The summed E-state index contributed by atoms with van der Waals surface area (Å²) in [6.45, 7) is 0.170. The van der Waals surface area contributed by atoms with Gasteiger partial charge in [-0.3, -0.25) is 4.52 Å². The van der Waals surface area contributed by atoms with Crippen LogP contribution in [0.5, 0.6) is 0 Å². The van der Waals surface area contributed by atoms with Gasteiger partial charge in [-0.1, -0.05) is 5.16 Å². The van der Waals surface area contributed by atoms with E-state index in [2.05, 4.69) is 33.3 Å². The summed E-state index contributed by atoms with van der Waals surface area (Å²) >= 11 is 0. The lowest BCUT2D eigenvalue weighted by Crippen LogP contribution is -2.44. The molecule has 0 saturated carbocycles. The number of phosphoric acid groups is 3. The van der Waals surface area contributed by atoms with Gasteiger partial charge >= 0.3 is 23.5 Å². The number of hydrogen-bond donors (Lipinski definition) is 7. The highest BCUT2D eigenvalue weighted by molar-refractivity contribution is 7.66. The Morgan fingerprint density at radius 1 is 1.14 bits per heavy atom. The van der Waals surface area contributed by atoms with Gasteiger partial charge < -0.3 is 49.3 Å². The molecule has 3 aromatic heterocycles. The van der Waals surface area contributed by atoms with Gasteiger partial charge in [0.1, 0.15) is 35.6 Å². The van der Waals surface area contributed by atoms with Crippen LogP contribution in [0.4, 0.5) is 5.82 Å². The molecule has 23 heteroatoms. The molecule has 0 aliphatic carbocycles. The lowest BCUT2D eigenvalue weighted by Gasteiger charge is -2.27. The SMILES string of the molecule is C[C@@]1(O)[C@H](O)[C@@H](COP(=O)(O)OP(=O)(O)OP(=O)(O)O)O[C@H]1n1cc(-c2ncon2)c2c(N)ncnc21. The average Bonchev–Trinajstić information content (AvgIpc) is 3.43. The van der Waals surface area contributed by atoms with E-state index in [-0.39, 0.29) is 28.2 Å². The maximum absolute atomic E-state index is 12.0. The number of rotatable bonds is 9. The van der Waals surface area contributed by atoms with Crippen LogP contribution in [0.15, 0.2) is 23.4 Å². The maximum Gasteiger partial charge on any atom is 0.490 e. The highest BCUT2D eigenvalue weighted by Gasteiger charge is 2.54. The Kier molecular flexibility index (Phi) is 7.19. The van der Waals surface area contributed by atoms with Crippen LogP contribution >= 0.6 is 23.5 Å². The first-order chi connectivity index (χ1) is 17.0. The highest BCUT2D eigenvalue weighted by Crippen LogP contribution is 2.66. The van der Waals surface area contributed by atoms with E-state index >= 15 is 0 Å². The number of nitrogen functional groups attached to an aromatic ring is 1. The summed E-state index contributed by atoms with van der Waals surface area (Å²) in [7, 11) is -16.8. The van der Waals surface area contributed by atoms with Crippen LogP contribution in [-0.2, 0) is 31.6 Å². The second-order valence-electron chi connectivity index (χ2n) is 7.75. The summed E-state index contributed by atoms with van der Waals surface area (Å²) in [5, 5.41) is 25.7. The molecule has 8 N–H and O–H groups in total. The standard InChI is InChI=1S/C14H19N6O14P3/c1-14(22)9(21)7(3-31-36(26,27)34-37(28,29)33-35(23,24)25)32-13(14)20-2-6(11-18-5-30-19-11)8-10(15)16-4-17-12(8)20/h2,4-5,7,9,13,21-22H,3H2,1H3,(H,26,27)(H,28,29)(H2,15,16,17)(H2,23,24,25)/t7-,9-,13-,14-/m1/s1. The molecule has 1 saturated heterocycles. The minimum atomic E-state index is -5.75. The molecular formula is C14H19N6O14P3. The van der Waals surface area contributed by atoms with Crippen LogP contribution in [0.1, 0.15) is 13.2 Å². The van der Waals surface area contributed by atoms with Crippen LogP contribution in [0.25, 0.3) is 22.4 Å². The van der Waals surface area contributed by atoms with E-state index in [9.17, 15) is 33.7 Å². The fourth-order valence-electron chi connectivity index (χ4n) is 3.59. The van der Waals surface area contributed by atoms with E-state index in [1.165, 1.54) is 17.7 Å². The zero-order valence-electron chi connectivity index (χ0n) is 18.3. The van der Waals surface area contributed by atoms with Crippen molar-refractivity contribution in [2.45, 2.75) is 31.0 Å². The largest absolute Gasteiger partial charge is 0.490 e. The molecule has 0 amide bonds. The lowest BCUT2D eigenvalue weighted by molar-refractivity contribution is -0.0946. The normalized spacial score (nSPS) is 27.8. The fourth-order valence-corrected chi connectivity index (χ4v) is 6.62. The van der Waals surface area contributed by atoms with Gasteiger partial charge in [0, 0.05) is 6.20 Å². The Hall–Kier alpha value is -2.15. The Bertz CT molecular complexity index is 1440. The third-order valence-corrected chi connectivity index (χ3v) is 8.87. The van der Waals surface area contributed by atoms with E-state index in [0.717, 1.165) is 12.7 Å². The number of nitrogens with zero attached hydrogens (tertiary/aromatic N) is 5. The van der Waals surface area contributed by atoms with Crippen molar-refractivity contribution in [3.63, 3.8) is 0 Å². The number of aromatic nitrogens is 5. The summed E-state index contributed by atoms with van der Waals surface area (Å²) in [5.74, 6) is 0.110. The topological polar surface area (TPSA) is 305 Å². The van der Waals surface area contributed by atoms with Crippen molar-refractivity contribution in [3.8, 4) is 11.4 Å². The van der Waals surface area contributed by atoms with Crippen LogP contribution < -0.4 is 5.73 Å². The minimum absolute atomic E-state index is 0.0194. The molecule has 4 rings (SSSR count). The van der Waals surface area contributed by atoms with E-state index < -0.39 is 54.1 Å². The Morgan fingerprint density at radius 2 is 1.84 bits per heavy atom. The van der Waals surface area contributed by atoms with Gasteiger partial charge in [0.2, 0.25) is 12.2 Å². The number of hydrogen-bond acceptors (Lipinski definition) is 15. The first-order valence-corrected chi connectivity index (χ1v) is 14.2. The number of phosphoric ester groups is 1. The monoisotopic (exact) mass is 588 g/mol. The predicted octanol–water partition coefficient (Wildman–Crippen LogP) is -0.584. The van der Waals surface area contributed by atoms with E-state index in [4.69, 9.17) is 24.8 Å². The molecule has 6 atom stereocenters. The van der Waals surface area contributed by atoms with Gasteiger partial charge in [0.25, 0.3) is 0 Å². The van der Waals surface area contributed by atoms with Crippen LogP contribution in [0.2, 0.25) is 0 Å². The van der Waals surface area contributed by atoms with Gasteiger partial charge in [0.05, 0.1) is 17.6 Å². The van der Waals surface area contributed by atoms with Crippen molar-refractivity contribution in [2.75, 3.05) is 12.3 Å². The Labute approximate surface area is 205 Å². The van der Waals surface area contributed by atoms with E-state index in [1.807, 2.05) is 0 Å². The van der Waals surface area contributed by atoms with Gasteiger partial charge in [-0.05, 0) is 6.92 Å². The number of nitrogens with two attached hydrogens (primary N) is 1. The summed E-state index contributed by atoms with van der Waals surface area (Å²) < 4.78 is 57.7. The first-order valence-electron chi connectivity index (χ1n) is 9.73. The van der Waals surface area contributed by atoms with E-state index in [0.29, 0.717) is 0 Å². The first kappa shape index (κ1) is 27.9. The summed E-state index contributed by atoms with van der Waals surface area (Å²) in [6, 6.07) is 0. The molecule has 1 fully saturated rings. The minimum Gasteiger partial charge on any atom is -0.387 e. The molecular weight excluding hydrogens is 569 g/mol. The van der Waals surface area contributed by atoms with Crippen molar-refractivity contribution in [1.29, 1.82) is 0 Å². The average molecular weight is 588 g/mol. The molecule has 20 nitrogen and oxygen atoms in total. The number of ether oxygens (including phenoxy) is 1. The summed E-state index contributed by atoms with van der Waals surface area (Å²) in [4.78, 5) is 48.1. The predicted molar refractivity (Wildman–Crippen MR) is 116 cm³/mol. The number of anilines is 1. The quantitative estimate of drug-likeness (QED) is 0.154.